The largest absolute Gasteiger partial charge is 0.467 e. The predicted octanol–water partition coefficient (Wildman–Crippen LogP) is 3.63. The average molecular weight is 388 g/mol. The van der Waals surface area contributed by atoms with Crippen LogP contribution in [0.1, 0.15) is 37.6 Å². The number of benzene rings is 1. The Morgan fingerprint density at radius 3 is 2.36 bits per heavy atom. The summed E-state index contributed by atoms with van der Waals surface area (Å²) < 4.78 is 9.93. The summed E-state index contributed by atoms with van der Waals surface area (Å²) in [6, 6.07) is 4.45. The van der Waals surface area contributed by atoms with Crippen molar-refractivity contribution in [2.75, 3.05) is 7.11 Å². The third-order valence-corrected chi connectivity index (χ3v) is 4.49. The van der Waals surface area contributed by atoms with Crippen LogP contribution in [-0.2, 0) is 14.3 Å². The number of methoxy groups -OCH3 is 1. The van der Waals surface area contributed by atoms with Gasteiger partial charge in [-0.05, 0) is 45.4 Å². The summed E-state index contributed by atoms with van der Waals surface area (Å²) in [7, 11) is 1.19. The molecule has 0 radical (unpaired) electrons. The van der Waals surface area contributed by atoms with Crippen LogP contribution in [0.25, 0.3) is 0 Å². The highest BCUT2D eigenvalue weighted by molar-refractivity contribution is 6.42. The minimum absolute atomic E-state index is 0.123. The fourth-order valence-electron chi connectivity index (χ4n) is 2.51. The highest BCUT2D eigenvalue weighted by Crippen LogP contribution is 2.47. The molecule has 1 saturated carbocycles. The van der Waals surface area contributed by atoms with Gasteiger partial charge in [-0.3, -0.25) is 4.79 Å². The molecule has 6 nitrogen and oxygen atoms in total. The molecule has 0 bridgehead atoms. The lowest BCUT2D eigenvalue weighted by atomic mass is 10.0. The van der Waals surface area contributed by atoms with Gasteiger partial charge < -0.3 is 14.8 Å². The van der Waals surface area contributed by atoms with Gasteiger partial charge in [-0.25, -0.2) is 9.59 Å². The predicted molar refractivity (Wildman–Crippen MR) is 93.0 cm³/mol. The van der Waals surface area contributed by atoms with Gasteiger partial charge in [0, 0.05) is 5.56 Å². The second-order valence-corrected chi connectivity index (χ2v) is 7.65. The molecule has 0 spiro atoms. The molecule has 0 heterocycles. The summed E-state index contributed by atoms with van der Waals surface area (Å²) in [5, 5.41) is 3.04. The number of hydrogen-bond acceptors (Lipinski definition) is 5. The van der Waals surface area contributed by atoms with Crippen molar-refractivity contribution in [1.82, 2.24) is 5.32 Å². The highest BCUT2D eigenvalue weighted by atomic mass is 35.5. The summed E-state index contributed by atoms with van der Waals surface area (Å²) in [5.41, 5.74) is -1.86. The molecule has 25 heavy (non-hydrogen) atoms. The molecule has 1 fully saturated rings. The molecule has 0 aliphatic heterocycles. The summed E-state index contributed by atoms with van der Waals surface area (Å²) in [4.78, 5) is 36.9. The van der Waals surface area contributed by atoms with E-state index in [1.165, 1.54) is 25.3 Å². The van der Waals surface area contributed by atoms with E-state index in [0.717, 1.165) is 0 Å². The lowest BCUT2D eigenvalue weighted by Gasteiger charge is -2.23. The average Bonchev–Trinajstić information content (AvgIpc) is 3.21. The van der Waals surface area contributed by atoms with Crippen molar-refractivity contribution in [3.8, 4) is 0 Å². The first-order chi connectivity index (χ1) is 11.5. The van der Waals surface area contributed by atoms with E-state index in [2.05, 4.69) is 5.32 Å². The Labute approximate surface area is 155 Å². The second-order valence-electron chi connectivity index (χ2n) is 6.84. The first-order valence-electron chi connectivity index (χ1n) is 7.59. The fraction of sp³-hybridized carbons (Fsp3) is 0.471. The first-order valence-corrected chi connectivity index (χ1v) is 8.34. The van der Waals surface area contributed by atoms with E-state index in [1.807, 2.05) is 0 Å². The van der Waals surface area contributed by atoms with Gasteiger partial charge in [-0.15, -0.1) is 0 Å². The van der Waals surface area contributed by atoms with Gasteiger partial charge >= 0.3 is 12.1 Å². The number of nitrogens with one attached hydrogen (secondary N) is 1. The minimum atomic E-state index is -1.43. The maximum absolute atomic E-state index is 12.7. The van der Waals surface area contributed by atoms with Crippen molar-refractivity contribution in [3.05, 3.63) is 33.8 Å². The minimum Gasteiger partial charge on any atom is -0.467 e. The number of Topliss-reactive ketones (excluding diaryl/α,β-unsaturated/α-hetero) is 1. The van der Waals surface area contributed by atoms with Crippen molar-refractivity contribution >= 4 is 41.0 Å². The van der Waals surface area contributed by atoms with Crippen LogP contribution < -0.4 is 5.32 Å². The van der Waals surface area contributed by atoms with Crippen molar-refractivity contribution in [2.24, 2.45) is 5.92 Å². The summed E-state index contributed by atoms with van der Waals surface area (Å²) in [6.07, 6.45) is -0.666. The molecular weight excluding hydrogens is 369 g/mol. The number of ketones is 1. The van der Waals surface area contributed by atoms with E-state index in [4.69, 9.17) is 32.7 Å². The topological polar surface area (TPSA) is 81.7 Å². The number of carbonyl (C=O) groups is 3. The molecule has 2 unspecified atom stereocenters. The molecule has 1 aliphatic carbocycles. The standard InChI is InChI=1S/C17H19Cl2NO5/c1-16(2,3)25-15(23)20-17(14(22)24-4)8-10(17)13(21)9-5-6-11(18)12(19)7-9/h5-7,10H,8H2,1-4H3,(H,20,23). The molecule has 1 aliphatic rings. The van der Waals surface area contributed by atoms with E-state index in [1.54, 1.807) is 20.8 Å². The number of halogens is 2. The zero-order valence-electron chi connectivity index (χ0n) is 14.3. The van der Waals surface area contributed by atoms with Crippen LogP contribution in [-0.4, -0.2) is 36.1 Å². The Bertz CT molecular complexity index is 728. The van der Waals surface area contributed by atoms with Crippen molar-refractivity contribution in [2.45, 2.75) is 38.3 Å². The molecule has 1 amide bonds. The third kappa shape index (κ3) is 4.25. The Morgan fingerprint density at radius 1 is 1.20 bits per heavy atom. The molecule has 0 aromatic heterocycles. The lowest BCUT2D eigenvalue weighted by molar-refractivity contribution is -0.144. The van der Waals surface area contributed by atoms with Gasteiger partial charge in [0.2, 0.25) is 0 Å². The molecule has 2 atom stereocenters. The van der Waals surface area contributed by atoms with Gasteiger partial charge in [-0.2, -0.15) is 0 Å². The van der Waals surface area contributed by atoms with Crippen molar-refractivity contribution in [3.63, 3.8) is 0 Å². The van der Waals surface area contributed by atoms with Crippen LogP contribution in [0, 0.1) is 5.92 Å². The van der Waals surface area contributed by atoms with Gasteiger partial charge in [-0.1, -0.05) is 23.2 Å². The van der Waals surface area contributed by atoms with Crippen LogP contribution in [0.3, 0.4) is 0 Å². The number of ether oxygens (including phenoxy) is 2. The van der Waals surface area contributed by atoms with E-state index in [9.17, 15) is 14.4 Å². The number of hydrogen-bond donors (Lipinski definition) is 1. The summed E-state index contributed by atoms with van der Waals surface area (Å²) in [5.74, 6) is -1.79. The van der Waals surface area contributed by atoms with Crippen molar-refractivity contribution in [1.29, 1.82) is 0 Å². The highest BCUT2D eigenvalue weighted by Gasteiger charge is 2.66. The SMILES string of the molecule is COC(=O)C1(NC(=O)OC(C)(C)C)CC1C(=O)c1ccc(Cl)c(Cl)c1. The first kappa shape index (κ1) is 19.5. The van der Waals surface area contributed by atoms with Gasteiger partial charge in [0.15, 0.2) is 11.3 Å². The lowest BCUT2D eigenvalue weighted by Crippen LogP contribution is -2.48. The van der Waals surface area contributed by atoms with E-state index < -0.39 is 29.1 Å². The molecule has 1 N–H and O–H groups in total. The monoisotopic (exact) mass is 387 g/mol. The zero-order chi connectivity index (χ0) is 19.0. The maximum Gasteiger partial charge on any atom is 0.408 e. The smallest absolute Gasteiger partial charge is 0.408 e. The Morgan fingerprint density at radius 2 is 1.84 bits per heavy atom. The normalized spacial score (nSPS) is 22.1. The Balaban J connectivity index is 2.21. The third-order valence-electron chi connectivity index (χ3n) is 3.76. The zero-order valence-corrected chi connectivity index (χ0v) is 15.8. The number of alkyl carbamates (subject to hydrolysis) is 1. The number of amides is 1. The van der Waals surface area contributed by atoms with Gasteiger partial charge in [0.05, 0.1) is 23.1 Å². The van der Waals surface area contributed by atoms with E-state index in [0.29, 0.717) is 10.6 Å². The molecule has 2 rings (SSSR count). The fourth-order valence-corrected chi connectivity index (χ4v) is 2.81. The molecule has 1 aromatic rings. The van der Waals surface area contributed by atoms with Crippen LogP contribution in [0.15, 0.2) is 18.2 Å². The summed E-state index contributed by atoms with van der Waals surface area (Å²) >= 11 is 11.8. The van der Waals surface area contributed by atoms with Gasteiger partial charge in [0.1, 0.15) is 5.60 Å². The van der Waals surface area contributed by atoms with Crippen LogP contribution in [0.2, 0.25) is 10.0 Å². The number of esters is 1. The van der Waals surface area contributed by atoms with E-state index in [-0.39, 0.29) is 17.2 Å². The Kier molecular flexibility index (Phi) is 5.35. The number of rotatable bonds is 4. The number of carbonyl (C=O) groups excluding carboxylic acids is 3. The second kappa shape index (κ2) is 6.84. The van der Waals surface area contributed by atoms with Gasteiger partial charge in [0.25, 0.3) is 0 Å². The van der Waals surface area contributed by atoms with Crippen LogP contribution in [0.4, 0.5) is 4.79 Å². The Hall–Kier alpha value is -1.79. The van der Waals surface area contributed by atoms with Crippen LogP contribution in [0.5, 0.6) is 0 Å². The van der Waals surface area contributed by atoms with Crippen LogP contribution >= 0.6 is 23.2 Å². The molecule has 8 heteroatoms. The van der Waals surface area contributed by atoms with Crippen molar-refractivity contribution < 1.29 is 23.9 Å². The summed E-state index contributed by atoms with van der Waals surface area (Å²) in [6.45, 7) is 5.09. The molecule has 0 saturated heterocycles. The maximum atomic E-state index is 12.7. The molecule has 1 aromatic carbocycles. The molecular formula is C17H19Cl2NO5. The molecule has 136 valence electrons. The van der Waals surface area contributed by atoms with E-state index >= 15 is 0 Å². The quantitative estimate of drug-likeness (QED) is 0.629.